The van der Waals surface area contributed by atoms with Crippen molar-refractivity contribution in [3.63, 3.8) is 0 Å². The van der Waals surface area contributed by atoms with Gasteiger partial charge >= 0.3 is 0 Å². The van der Waals surface area contributed by atoms with E-state index in [0.29, 0.717) is 23.7 Å². The summed E-state index contributed by atoms with van der Waals surface area (Å²) in [6, 6.07) is 11.0. The van der Waals surface area contributed by atoms with Crippen LogP contribution in [0.2, 0.25) is 5.02 Å². The third kappa shape index (κ3) is 5.97. The zero-order valence-corrected chi connectivity index (χ0v) is 18.5. The summed E-state index contributed by atoms with van der Waals surface area (Å²) in [5.41, 5.74) is 3.89. The van der Waals surface area contributed by atoms with Gasteiger partial charge in [-0.15, -0.1) is 0 Å². The number of nitrogens with one attached hydrogen (secondary N) is 1. The van der Waals surface area contributed by atoms with E-state index in [9.17, 15) is 9.59 Å². The Hall–Kier alpha value is -2.53. The van der Waals surface area contributed by atoms with Gasteiger partial charge in [-0.25, -0.2) is 0 Å². The highest BCUT2D eigenvalue weighted by atomic mass is 35.5. The van der Waals surface area contributed by atoms with Crippen molar-refractivity contribution in [1.29, 1.82) is 0 Å². The van der Waals surface area contributed by atoms with Crippen LogP contribution in [-0.2, 0) is 16.1 Å². The van der Waals surface area contributed by atoms with E-state index >= 15 is 0 Å². The van der Waals surface area contributed by atoms with Crippen LogP contribution in [0.1, 0.15) is 35.6 Å². The zero-order valence-electron chi connectivity index (χ0n) is 17.7. The molecule has 0 saturated heterocycles. The first-order valence-corrected chi connectivity index (χ1v) is 10.1. The number of rotatable bonds is 8. The number of ether oxygens (including phenoxy) is 1. The van der Waals surface area contributed by atoms with Gasteiger partial charge < -0.3 is 15.0 Å². The lowest BCUT2D eigenvalue weighted by atomic mass is 10.1. The molecule has 0 spiro atoms. The molecular formula is C23H29ClN2O3. The number of carbonyl (C=O) groups excluding carboxylic acids is 2. The van der Waals surface area contributed by atoms with Gasteiger partial charge in [-0.3, -0.25) is 9.59 Å². The summed E-state index contributed by atoms with van der Waals surface area (Å²) in [5, 5.41) is 3.34. The number of carbonyl (C=O) groups is 2. The number of nitrogens with zero attached hydrogens (tertiary/aromatic N) is 1. The molecule has 0 aromatic heterocycles. The number of hydrogen-bond acceptors (Lipinski definition) is 3. The molecule has 0 aliphatic rings. The van der Waals surface area contributed by atoms with Crippen molar-refractivity contribution in [3.05, 3.63) is 63.7 Å². The van der Waals surface area contributed by atoms with Gasteiger partial charge in [-0.1, -0.05) is 48.4 Å². The Balaban J connectivity index is 2.21. The van der Waals surface area contributed by atoms with E-state index in [0.717, 1.165) is 22.3 Å². The highest BCUT2D eigenvalue weighted by Gasteiger charge is 2.28. The van der Waals surface area contributed by atoms with Crippen molar-refractivity contribution in [2.24, 2.45) is 0 Å². The Morgan fingerprint density at radius 1 is 1.10 bits per heavy atom. The molecule has 0 bridgehead atoms. The van der Waals surface area contributed by atoms with Crippen LogP contribution in [-0.4, -0.2) is 36.4 Å². The molecule has 0 aliphatic heterocycles. The van der Waals surface area contributed by atoms with Gasteiger partial charge in [-0.2, -0.15) is 0 Å². The minimum Gasteiger partial charge on any atom is -0.484 e. The number of halogens is 1. The van der Waals surface area contributed by atoms with Gasteiger partial charge in [0.1, 0.15) is 11.8 Å². The summed E-state index contributed by atoms with van der Waals surface area (Å²) in [7, 11) is 1.58. The first-order valence-electron chi connectivity index (χ1n) is 9.73. The molecule has 2 rings (SSSR count). The Morgan fingerprint density at radius 3 is 2.21 bits per heavy atom. The van der Waals surface area contributed by atoms with E-state index in [1.165, 1.54) is 0 Å². The normalized spacial score (nSPS) is 11.7. The van der Waals surface area contributed by atoms with Crippen molar-refractivity contribution in [2.75, 3.05) is 13.7 Å². The minimum absolute atomic E-state index is 0.153. The third-order valence-corrected chi connectivity index (χ3v) is 5.47. The average molecular weight is 417 g/mol. The number of aryl methyl sites for hydroxylation is 3. The SMILES string of the molecule is CC[C@@H](C(=O)NC)N(Cc1ccc(C)cc1)C(=O)COc1cc(C)c(Cl)c(C)c1. The van der Waals surface area contributed by atoms with Crippen LogP contribution in [0.3, 0.4) is 0 Å². The summed E-state index contributed by atoms with van der Waals surface area (Å²) < 4.78 is 5.75. The molecule has 29 heavy (non-hydrogen) atoms. The maximum Gasteiger partial charge on any atom is 0.261 e. The van der Waals surface area contributed by atoms with Crippen LogP contribution in [0.25, 0.3) is 0 Å². The van der Waals surface area contributed by atoms with Crippen LogP contribution in [0, 0.1) is 20.8 Å². The van der Waals surface area contributed by atoms with Gasteiger partial charge in [0.2, 0.25) is 5.91 Å². The highest BCUT2D eigenvalue weighted by Crippen LogP contribution is 2.26. The molecular weight excluding hydrogens is 388 g/mol. The maximum atomic E-state index is 13.0. The summed E-state index contributed by atoms with van der Waals surface area (Å²) >= 11 is 6.20. The monoisotopic (exact) mass is 416 g/mol. The largest absolute Gasteiger partial charge is 0.484 e. The minimum atomic E-state index is -0.564. The Kier molecular flexibility index (Phi) is 8.09. The lowest BCUT2D eigenvalue weighted by molar-refractivity contribution is -0.142. The van der Waals surface area contributed by atoms with Crippen molar-refractivity contribution in [1.82, 2.24) is 10.2 Å². The van der Waals surface area contributed by atoms with Gasteiger partial charge in [-0.05, 0) is 56.0 Å². The van der Waals surface area contributed by atoms with Crippen LogP contribution in [0.5, 0.6) is 5.75 Å². The fourth-order valence-corrected chi connectivity index (χ4v) is 3.30. The van der Waals surface area contributed by atoms with Crippen LogP contribution >= 0.6 is 11.6 Å². The smallest absolute Gasteiger partial charge is 0.261 e. The van der Waals surface area contributed by atoms with E-state index in [4.69, 9.17) is 16.3 Å². The average Bonchev–Trinajstić information content (AvgIpc) is 2.71. The highest BCUT2D eigenvalue weighted by molar-refractivity contribution is 6.32. The predicted octanol–water partition coefficient (Wildman–Crippen LogP) is 4.20. The van der Waals surface area contributed by atoms with Gasteiger partial charge in [0.25, 0.3) is 5.91 Å². The first-order chi connectivity index (χ1) is 13.8. The predicted molar refractivity (Wildman–Crippen MR) is 116 cm³/mol. The Labute approximate surface area is 178 Å². The molecule has 0 unspecified atom stereocenters. The molecule has 0 radical (unpaired) electrons. The number of benzene rings is 2. The quantitative estimate of drug-likeness (QED) is 0.701. The first kappa shape index (κ1) is 22.8. The number of amides is 2. The van der Waals surface area contributed by atoms with E-state index in [-0.39, 0.29) is 18.4 Å². The molecule has 5 nitrogen and oxygen atoms in total. The third-order valence-electron chi connectivity index (χ3n) is 4.88. The molecule has 0 aliphatic carbocycles. The second kappa shape index (κ2) is 10.3. The lowest BCUT2D eigenvalue weighted by Crippen LogP contribution is -2.49. The molecule has 156 valence electrons. The fourth-order valence-electron chi connectivity index (χ4n) is 3.19. The summed E-state index contributed by atoms with van der Waals surface area (Å²) in [6.45, 7) is 7.88. The second-order valence-corrected chi connectivity index (χ2v) is 7.58. The molecule has 2 amide bonds. The van der Waals surface area contributed by atoms with Crippen molar-refractivity contribution in [3.8, 4) is 5.75 Å². The summed E-state index contributed by atoms with van der Waals surface area (Å²) in [4.78, 5) is 27.0. The van der Waals surface area contributed by atoms with E-state index in [1.807, 2.05) is 64.1 Å². The molecule has 6 heteroatoms. The van der Waals surface area contributed by atoms with Gasteiger partial charge in [0.05, 0.1) is 0 Å². The van der Waals surface area contributed by atoms with Crippen molar-refractivity contribution < 1.29 is 14.3 Å². The van der Waals surface area contributed by atoms with E-state index < -0.39 is 6.04 Å². The summed E-state index contributed by atoms with van der Waals surface area (Å²) in [5.74, 6) is 0.151. The van der Waals surface area contributed by atoms with Crippen LogP contribution in [0.4, 0.5) is 0 Å². The number of hydrogen-bond donors (Lipinski definition) is 1. The standard InChI is InChI=1S/C23H29ClN2O3/c1-6-20(23(28)25-5)26(13-18-9-7-15(2)8-10-18)21(27)14-29-19-11-16(3)22(24)17(4)12-19/h7-12,20H,6,13-14H2,1-5H3,(H,25,28)/t20-/m0/s1. The topological polar surface area (TPSA) is 58.6 Å². The van der Waals surface area contributed by atoms with Crippen LogP contribution < -0.4 is 10.1 Å². The molecule has 0 heterocycles. The lowest BCUT2D eigenvalue weighted by Gasteiger charge is -2.30. The Bertz CT molecular complexity index is 842. The summed E-state index contributed by atoms with van der Waals surface area (Å²) in [6.07, 6.45) is 0.510. The van der Waals surface area contributed by atoms with Gasteiger partial charge in [0.15, 0.2) is 6.61 Å². The fraction of sp³-hybridized carbons (Fsp3) is 0.391. The molecule has 0 saturated carbocycles. The van der Waals surface area contributed by atoms with E-state index in [1.54, 1.807) is 11.9 Å². The van der Waals surface area contributed by atoms with Crippen molar-refractivity contribution in [2.45, 2.75) is 46.7 Å². The molecule has 0 fully saturated rings. The van der Waals surface area contributed by atoms with Gasteiger partial charge in [0, 0.05) is 18.6 Å². The van der Waals surface area contributed by atoms with Crippen LogP contribution in [0.15, 0.2) is 36.4 Å². The molecule has 2 aromatic rings. The molecule has 1 N–H and O–H groups in total. The van der Waals surface area contributed by atoms with E-state index in [2.05, 4.69) is 5.32 Å². The zero-order chi connectivity index (χ0) is 21.6. The molecule has 2 aromatic carbocycles. The van der Waals surface area contributed by atoms with Crippen molar-refractivity contribution >= 4 is 23.4 Å². The number of likely N-dealkylation sites (N-methyl/N-ethyl adjacent to an activating group) is 1. The molecule has 1 atom stereocenters. The maximum absolute atomic E-state index is 13.0. The Morgan fingerprint density at radius 2 is 1.69 bits per heavy atom. The second-order valence-electron chi connectivity index (χ2n) is 7.21.